The van der Waals surface area contributed by atoms with Gasteiger partial charge >= 0.3 is 0 Å². The maximum atomic E-state index is 10.8. The molecule has 2 aliphatic rings. The largest absolute Gasteiger partial charge is 0.494 e. The number of hydrogen-bond acceptors (Lipinski definition) is 7. The summed E-state index contributed by atoms with van der Waals surface area (Å²) in [6.45, 7) is 3.78. The summed E-state index contributed by atoms with van der Waals surface area (Å²) in [5.74, 6) is -0.946. The van der Waals surface area contributed by atoms with E-state index >= 15 is 0 Å². The molecule has 0 unspecified atom stereocenters. The van der Waals surface area contributed by atoms with Crippen LogP contribution in [0.25, 0.3) is 0 Å². The summed E-state index contributed by atoms with van der Waals surface area (Å²) < 4.78 is 17.3. The molecule has 2 aromatic carbocycles. The molecule has 0 radical (unpaired) electrons. The molecule has 2 saturated heterocycles. The van der Waals surface area contributed by atoms with E-state index in [1.165, 1.54) is 6.92 Å². The first-order valence-corrected chi connectivity index (χ1v) is 10.7. The third kappa shape index (κ3) is 3.64. The first-order valence-electron chi connectivity index (χ1n) is 10.3. The van der Waals surface area contributed by atoms with Crippen molar-refractivity contribution in [2.75, 3.05) is 13.2 Å². The van der Waals surface area contributed by atoms with Gasteiger partial charge in [0.2, 0.25) is 5.79 Å². The van der Waals surface area contributed by atoms with Gasteiger partial charge in [-0.2, -0.15) is 0 Å². The highest BCUT2D eigenvalue weighted by molar-refractivity contribution is 6.31. The summed E-state index contributed by atoms with van der Waals surface area (Å²) in [6, 6.07) is 12.7. The van der Waals surface area contributed by atoms with E-state index in [4.69, 9.17) is 25.8 Å². The van der Waals surface area contributed by atoms with Crippen LogP contribution in [0.3, 0.4) is 0 Å². The predicted octanol–water partition coefficient (Wildman–Crippen LogP) is 1.74. The zero-order chi connectivity index (χ0) is 22.4. The van der Waals surface area contributed by atoms with Gasteiger partial charge in [-0.25, -0.2) is 0 Å². The van der Waals surface area contributed by atoms with Crippen LogP contribution in [-0.4, -0.2) is 63.7 Å². The fourth-order valence-corrected chi connectivity index (χ4v) is 4.51. The van der Waals surface area contributed by atoms with Gasteiger partial charge in [-0.3, -0.25) is 0 Å². The summed E-state index contributed by atoms with van der Waals surface area (Å²) >= 11 is 6.43. The van der Waals surface area contributed by atoms with Gasteiger partial charge < -0.3 is 34.6 Å². The molecule has 6 atom stereocenters. The average Bonchev–Trinajstić information content (AvgIpc) is 3.15. The van der Waals surface area contributed by atoms with Crippen LogP contribution < -0.4 is 4.74 Å². The van der Waals surface area contributed by atoms with Crippen molar-refractivity contribution in [2.45, 2.75) is 56.1 Å². The highest BCUT2D eigenvalue weighted by atomic mass is 35.5. The van der Waals surface area contributed by atoms with Crippen molar-refractivity contribution in [3.8, 4) is 5.75 Å². The number of ether oxygens (including phenoxy) is 3. The lowest BCUT2D eigenvalue weighted by molar-refractivity contribution is -0.336. The molecule has 2 heterocycles. The lowest BCUT2D eigenvalue weighted by Gasteiger charge is -2.47. The summed E-state index contributed by atoms with van der Waals surface area (Å²) in [6.07, 6.45) is -5.25. The Bertz CT molecular complexity index is 934. The van der Waals surface area contributed by atoms with E-state index in [9.17, 15) is 20.4 Å². The van der Waals surface area contributed by atoms with E-state index in [-0.39, 0.29) is 6.61 Å². The first kappa shape index (κ1) is 22.5. The zero-order valence-corrected chi connectivity index (χ0v) is 18.1. The second-order valence-corrected chi connectivity index (χ2v) is 8.54. The van der Waals surface area contributed by atoms with Crippen LogP contribution in [-0.2, 0) is 21.7 Å². The van der Waals surface area contributed by atoms with Crippen molar-refractivity contribution < 1.29 is 34.6 Å². The minimum Gasteiger partial charge on any atom is -0.494 e. The van der Waals surface area contributed by atoms with Gasteiger partial charge in [-0.15, -0.1) is 0 Å². The highest BCUT2D eigenvalue weighted by Crippen LogP contribution is 2.51. The number of rotatable bonds is 6. The summed E-state index contributed by atoms with van der Waals surface area (Å²) in [4.78, 5) is 0. The maximum Gasteiger partial charge on any atom is 0.225 e. The van der Waals surface area contributed by atoms with Crippen LogP contribution in [0, 0.1) is 0 Å². The van der Waals surface area contributed by atoms with E-state index in [1.807, 2.05) is 31.2 Å². The molecule has 31 heavy (non-hydrogen) atoms. The Balaban J connectivity index is 1.67. The van der Waals surface area contributed by atoms with Crippen LogP contribution >= 0.6 is 11.6 Å². The number of aliphatic hydroxyl groups is 4. The molecule has 168 valence electrons. The van der Waals surface area contributed by atoms with Crippen molar-refractivity contribution in [1.29, 1.82) is 0 Å². The van der Waals surface area contributed by atoms with E-state index in [1.54, 1.807) is 18.2 Å². The Labute approximate surface area is 185 Å². The minimum absolute atomic E-state index is 0.184. The van der Waals surface area contributed by atoms with Gasteiger partial charge in [-0.1, -0.05) is 29.8 Å². The van der Waals surface area contributed by atoms with Crippen molar-refractivity contribution in [2.24, 2.45) is 0 Å². The number of fused-ring (bicyclic) bond motifs is 2. The van der Waals surface area contributed by atoms with Crippen LogP contribution in [0.1, 0.15) is 30.5 Å². The van der Waals surface area contributed by atoms with Crippen molar-refractivity contribution >= 4 is 11.6 Å². The molecule has 8 heteroatoms. The molecule has 0 aliphatic carbocycles. The van der Waals surface area contributed by atoms with Gasteiger partial charge in [0.15, 0.2) is 0 Å². The average molecular weight is 451 g/mol. The molecule has 4 N–H and O–H groups in total. The molecular weight excluding hydrogens is 424 g/mol. The lowest BCUT2D eigenvalue weighted by atomic mass is 9.81. The fraction of sp³-hybridized carbons (Fsp3) is 0.478. The first-order chi connectivity index (χ1) is 14.7. The predicted molar refractivity (Wildman–Crippen MR) is 113 cm³/mol. The lowest BCUT2D eigenvalue weighted by Crippen LogP contribution is -2.67. The second kappa shape index (κ2) is 8.33. The normalized spacial score (nSPS) is 33.3. The van der Waals surface area contributed by atoms with Crippen molar-refractivity contribution in [1.82, 2.24) is 0 Å². The summed E-state index contributed by atoms with van der Waals surface area (Å²) in [7, 11) is 0. The Morgan fingerprint density at radius 1 is 1.13 bits per heavy atom. The SMILES string of the molecule is CCOc1ccc(Cc2cc([C@]34OC[C@]([C@H](C)O)(O3)[C@@H](O)[C@H](O)[C@H]4O)ccc2Cl)cc1. The number of aliphatic hydroxyl groups excluding tert-OH is 4. The topological polar surface area (TPSA) is 109 Å². The number of benzene rings is 2. The molecule has 7 nitrogen and oxygen atoms in total. The van der Waals surface area contributed by atoms with Crippen LogP contribution in [0.4, 0.5) is 0 Å². The van der Waals surface area contributed by atoms with E-state index < -0.39 is 35.8 Å². The highest BCUT2D eigenvalue weighted by Gasteiger charge is 2.68. The Morgan fingerprint density at radius 3 is 2.48 bits per heavy atom. The van der Waals surface area contributed by atoms with Crippen molar-refractivity contribution in [3.63, 3.8) is 0 Å². The number of hydrogen-bond donors (Lipinski definition) is 4. The van der Waals surface area contributed by atoms with Gasteiger partial charge in [0, 0.05) is 10.6 Å². The molecule has 4 rings (SSSR count). The van der Waals surface area contributed by atoms with Gasteiger partial charge in [-0.05, 0) is 55.7 Å². The Morgan fingerprint density at radius 2 is 1.84 bits per heavy atom. The molecule has 2 aromatic rings. The van der Waals surface area contributed by atoms with Crippen LogP contribution in [0.5, 0.6) is 5.75 Å². The standard InChI is InChI=1S/C23H27ClO7/c1-3-29-17-7-4-14(5-8-17)10-15-11-16(6-9-18(15)24)23-21(28)19(26)20(27)22(31-23,12-30-23)13(2)25/h4-9,11,13,19-21,25-28H,3,10,12H2,1-2H3/t13-,19-,20-,21+,22+,23-/m0/s1. The molecule has 2 fully saturated rings. The smallest absolute Gasteiger partial charge is 0.225 e. The molecule has 0 amide bonds. The van der Waals surface area contributed by atoms with E-state index in [0.29, 0.717) is 23.6 Å². The third-order valence-electron chi connectivity index (χ3n) is 6.18. The quantitative estimate of drug-likeness (QED) is 0.531. The number of halogens is 1. The van der Waals surface area contributed by atoms with Gasteiger partial charge in [0.05, 0.1) is 19.3 Å². The monoisotopic (exact) mass is 450 g/mol. The third-order valence-corrected chi connectivity index (χ3v) is 6.54. The molecule has 2 aliphatic heterocycles. The maximum absolute atomic E-state index is 10.8. The molecule has 0 aromatic heterocycles. The Hall–Kier alpha value is -1.71. The van der Waals surface area contributed by atoms with Crippen LogP contribution in [0.2, 0.25) is 5.02 Å². The molecule has 2 bridgehead atoms. The molecule has 0 saturated carbocycles. The second-order valence-electron chi connectivity index (χ2n) is 8.13. The molecule has 0 spiro atoms. The summed E-state index contributed by atoms with van der Waals surface area (Å²) in [5, 5.41) is 42.5. The van der Waals surface area contributed by atoms with E-state index in [0.717, 1.165) is 16.9 Å². The van der Waals surface area contributed by atoms with Gasteiger partial charge in [0.1, 0.15) is 29.7 Å². The van der Waals surface area contributed by atoms with E-state index in [2.05, 4.69) is 0 Å². The molecular formula is C23H27ClO7. The van der Waals surface area contributed by atoms with Crippen molar-refractivity contribution in [3.05, 3.63) is 64.2 Å². The van der Waals surface area contributed by atoms with Crippen LogP contribution in [0.15, 0.2) is 42.5 Å². The summed E-state index contributed by atoms with van der Waals surface area (Å²) in [5.41, 5.74) is 0.672. The minimum atomic E-state index is -1.73. The fourth-order valence-electron chi connectivity index (χ4n) is 4.32. The van der Waals surface area contributed by atoms with Gasteiger partial charge in [0.25, 0.3) is 0 Å². The Kier molecular flexibility index (Phi) is 6.04. The zero-order valence-electron chi connectivity index (χ0n) is 17.4.